The van der Waals surface area contributed by atoms with Crippen molar-refractivity contribution in [3.05, 3.63) is 53.6 Å². The highest BCUT2D eigenvalue weighted by atomic mass is 35.5. The maximum Gasteiger partial charge on any atom is 0.246 e. The summed E-state index contributed by atoms with van der Waals surface area (Å²) in [7, 11) is -0.701. The molecule has 0 saturated carbocycles. The molecule has 6 nitrogen and oxygen atoms in total. The number of amides is 1. The molecule has 8 heteroatoms. The van der Waals surface area contributed by atoms with Crippen LogP contribution in [0.15, 0.2) is 53.4 Å². The molecule has 1 heterocycles. The molecule has 28 heavy (non-hydrogen) atoms. The number of sulfonamides is 1. The van der Waals surface area contributed by atoms with Crippen molar-refractivity contribution in [1.29, 1.82) is 0 Å². The topological polar surface area (TPSA) is 66.9 Å². The Hall–Kier alpha value is -2.09. The standard InChI is InChI=1S/C20H23ClN2O4S/c1-22(17-8-4-3-5-9-17)20(24)15-7-6-12-23(14-15)28(25,26)19-13-16(21)10-11-18(19)27-2/h3-5,8-11,13,15H,6-7,12,14H2,1-2H3/t15-/m1/s1. The van der Waals surface area contributed by atoms with Crippen molar-refractivity contribution in [2.75, 3.05) is 32.1 Å². The van der Waals surface area contributed by atoms with Crippen molar-refractivity contribution in [3.8, 4) is 5.75 Å². The molecule has 2 aromatic carbocycles. The number of nitrogens with zero attached hydrogens (tertiary/aromatic N) is 2. The normalized spacial score (nSPS) is 17.9. The van der Waals surface area contributed by atoms with Crippen LogP contribution in [0.2, 0.25) is 5.02 Å². The smallest absolute Gasteiger partial charge is 0.246 e. The summed E-state index contributed by atoms with van der Waals surface area (Å²) in [4.78, 5) is 14.5. The molecule has 1 amide bonds. The first-order valence-electron chi connectivity index (χ1n) is 9.01. The van der Waals surface area contributed by atoms with Gasteiger partial charge in [0.05, 0.1) is 13.0 Å². The first-order chi connectivity index (χ1) is 13.3. The maximum atomic E-state index is 13.2. The Kier molecular flexibility index (Phi) is 6.27. The van der Waals surface area contributed by atoms with E-state index in [1.807, 2.05) is 30.3 Å². The average Bonchev–Trinajstić information content (AvgIpc) is 2.73. The molecular formula is C20H23ClN2O4S. The molecule has 0 N–H and O–H groups in total. The predicted octanol–water partition coefficient (Wildman–Crippen LogP) is 3.41. The van der Waals surface area contributed by atoms with Crippen LogP contribution in [0, 0.1) is 5.92 Å². The van der Waals surface area contributed by atoms with E-state index in [1.165, 1.54) is 23.5 Å². The number of ether oxygens (including phenoxy) is 1. The zero-order chi connectivity index (χ0) is 20.3. The van der Waals surface area contributed by atoms with E-state index in [2.05, 4.69) is 0 Å². The van der Waals surface area contributed by atoms with Gasteiger partial charge in [-0.25, -0.2) is 8.42 Å². The molecule has 1 aliphatic heterocycles. The molecular weight excluding hydrogens is 400 g/mol. The highest BCUT2D eigenvalue weighted by Crippen LogP contribution is 2.32. The highest BCUT2D eigenvalue weighted by Gasteiger charge is 2.36. The molecule has 1 aliphatic rings. The van der Waals surface area contributed by atoms with Gasteiger partial charge in [-0.3, -0.25) is 4.79 Å². The molecule has 0 bridgehead atoms. The van der Waals surface area contributed by atoms with Crippen LogP contribution in [0.4, 0.5) is 5.69 Å². The fourth-order valence-electron chi connectivity index (χ4n) is 3.41. The number of carbonyl (C=O) groups excluding carboxylic acids is 1. The van der Waals surface area contributed by atoms with Gasteiger partial charge in [-0.2, -0.15) is 4.31 Å². The summed E-state index contributed by atoms with van der Waals surface area (Å²) in [6, 6.07) is 13.8. The fraction of sp³-hybridized carbons (Fsp3) is 0.350. The average molecular weight is 423 g/mol. The van der Waals surface area contributed by atoms with E-state index in [-0.39, 0.29) is 23.1 Å². The zero-order valence-corrected chi connectivity index (χ0v) is 17.4. The summed E-state index contributed by atoms with van der Waals surface area (Å²) < 4.78 is 32.9. The summed E-state index contributed by atoms with van der Waals surface area (Å²) in [5.74, 6) is -0.262. The van der Waals surface area contributed by atoms with Gasteiger partial charge in [-0.1, -0.05) is 29.8 Å². The Morgan fingerprint density at radius 1 is 1.21 bits per heavy atom. The fourth-order valence-corrected chi connectivity index (χ4v) is 5.35. The van der Waals surface area contributed by atoms with Gasteiger partial charge in [0.1, 0.15) is 10.6 Å². The number of hydrogen-bond donors (Lipinski definition) is 0. The van der Waals surface area contributed by atoms with Crippen LogP contribution >= 0.6 is 11.6 Å². The Balaban J connectivity index is 1.83. The van der Waals surface area contributed by atoms with Crippen LogP contribution in [0.5, 0.6) is 5.75 Å². The van der Waals surface area contributed by atoms with Gasteiger partial charge in [-0.05, 0) is 43.2 Å². The molecule has 3 rings (SSSR count). The second kappa shape index (κ2) is 8.51. The Bertz CT molecular complexity index is 950. The third-order valence-corrected chi connectivity index (χ3v) is 7.07. The number of piperidine rings is 1. The van der Waals surface area contributed by atoms with Crippen molar-refractivity contribution in [2.24, 2.45) is 5.92 Å². The maximum absolute atomic E-state index is 13.2. The van der Waals surface area contributed by atoms with Gasteiger partial charge in [0.2, 0.25) is 15.9 Å². The van der Waals surface area contributed by atoms with Crippen LogP contribution in [0.25, 0.3) is 0 Å². The number of carbonyl (C=O) groups is 1. The minimum atomic E-state index is -3.83. The van der Waals surface area contributed by atoms with Crippen LogP contribution in [0.1, 0.15) is 12.8 Å². The van der Waals surface area contributed by atoms with Gasteiger partial charge >= 0.3 is 0 Å². The molecule has 0 unspecified atom stereocenters. The van der Waals surface area contributed by atoms with Crippen LogP contribution in [-0.2, 0) is 14.8 Å². The third kappa shape index (κ3) is 4.16. The zero-order valence-electron chi connectivity index (χ0n) is 15.8. The number of benzene rings is 2. The van der Waals surface area contributed by atoms with E-state index in [0.29, 0.717) is 24.4 Å². The van der Waals surface area contributed by atoms with E-state index >= 15 is 0 Å². The lowest BCUT2D eigenvalue weighted by atomic mass is 9.98. The number of para-hydroxylation sites is 1. The van der Waals surface area contributed by atoms with Gasteiger partial charge in [-0.15, -0.1) is 0 Å². The molecule has 0 spiro atoms. The summed E-state index contributed by atoms with van der Waals surface area (Å²) in [5.41, 5.74) is 0.781. The predicted molar refractivity (Wildman–Crippen MR) is 109 cm³/mol. The number of hydrogen-bond acceptors (Lipinski definition) is 4. The van der Waals surface area contributed by atoms with Crippen molar-refractivity contribution >= 4 is 33.2 Å². The SMILES string of the molecule is COc1ccc(Cl)cc1S(=O)(=O)N1CCC[C@@H](C(=O)N(C)c2ccccc2)C1. The minimum Gasteiger partial charge on any atom is -0.495 e. The van der Waals surface area contributed by atoms with Crippen molar-refractivity contribution < 1.29 is 17.9 Å². The lowest BCUT2D eigenvalue weighted by molar-refractivity contribution is -0.123. The van der Waals surface area contributed by atoms with Gasteiger partial charge in [0.25, 0.3) is 0 Å². The lowest BCUT2D eigenvalue weighted by Crippen LogP contribution is -2.46. The molecule has 0 radical (unpaired) electrons. The Morgan fingerprint density at radius 3 is 2.61 bits per heavy atom. The van der Waals surface area contributed by atoms with E-state index < -0.39 is 15.9 Å². The number of methoxy groups -OCH3 is 1. The Morgan fingerprint density at radius 2 is 1.93 bits per heavy atom. The highest BCUT2D eigenvalue weighted by molar-refractivity contribution is 7.89. The number of rotatable bonds is 5. The Labute approximate surface area is 170 Å². The van der Waals surface area contributed by atoms with Crippen molar-refractivity contribution in [2.45, 2.75) is 17.7 Å². The second-order valence-electron chi connectivity index (χ2n) is 6.73. The summed E-state index contributed by atoms with van der Waals surface area (Å²) in [6.45, 7) is 0.491. The van der Waals surface area contributed by atoms with Gasteiger partial charge in [0, 0.05) is 30.8 Å². The minimum absolute atomic E-state index is 0.0204. The molecule has 1 atom stereocenters. The van der Waals surface area contributed by atoms with E-state index in [4.69, 9.17) is 16.3 Å². The largest absolute Gasteiger partial charge is 0.495 e. The first-order valence-corrected chi connectivity index (χ1v) is 10.8. The first kappa shape index (κ1) is 20.6. The summed E-state index contributed by atoms with van der Waals surface area (Å²) in [6.07, 6.45) is 1.26. The van der Waals surface area contributed by atoms with Gasteiger partial charge < -0.3 is 9.64 Å². The van der Waals surface area contributed by atoms with Crippen LogP contribution < -0.4 is 9.64 Å². The lowest BCUT2D eigenvalue weighted by Gasteiger charge is -2.33. The monoisotopic (exact) mass is 422 g/mol. The van der Waals surface area contributed by atoms with Crippen molar-refractivity contribution in [1.82, 2.24) is 4.31 Å². The van der Waals surface area contributed by atoms with Gasteiger partial charge in [0.15, 0.2) is 0 Å². The molecule has 2 aromatic rings. The molecule has 0 aromatic heterocycles. The summed E-state index contributed by atoms with van der Waals surface area (Å²) in [5, 5.41) is 0.313. The van der Waals surface area contributed by atoms with E-state index in [9.17, 15) is 13.2 Å². The quantitative estimate of drug-likeness (QED) is 0.740. The molecule has 1 fully saturated rings. The second-order valence-corrected chi connectivity index (χ2v) is 9.07. The molecule has 1 saturated heterocycles. The van der Waals surface area contributed by atoms with Crippen LogP contribution in [0.3, 0.4) is 0 Å². The van der Waals surface area contributed by atoms with Crippen molar-refractivity contribution in [3.63, 3.8) is 0 Å². The van der Waals surface area contributed by atoms with E-state index in [0.717, 1.165) is 5.69 Å². The molecule has 150 valence electrons. The third-order valence-electron chi connectivity index (χ3n) is 4.95. The molecule has 0 aliphatic carbocycles. The number of halogens is 1. The summed E-state index contributed by atoms with van der Waals surface area (Å²) >= 11 is 6.01. The number of anilines is 1. The van der Waals surface area contributed by atoms with E-state index in [1.54, 1.807) is 18.0 Å². The van der Waals surface area contributed by atoms with Crippen LogP contribution in [-0.4, -0.2) is 45.9 Å².